The van der Waals surface area contributed by atoms with Crippen LogP contribution in [0, 0.1) is 11.8 Å². The van der Waals surface area contributed by atoms with Crippen molar-refractivity contribution in [2.24, 2.45) is 11.8 Å². The van der Waals surface area contributed by atoms with Gasteiger partial charge in [0.2, 0.25) is 0 Å². The molecule has 0 bridgehead atoms. The Morgan fingerprint density at radius 1 is 1.00 bits per heavy atom. The summed E-state index contributed by atoms with van der Waals surface area (Å²) in [5.74, 6) is 1.68. The predicted octanol–water partition coefficient (Wildman–Crippen LogP) is 3.45. The van der Waals surface area contributed by atoms with Crippen LogP contribution in [0.5, 0.6) is 0 Å². The van der Waals surface area contributed by atoms with E-state index >= 15 is 0 Å². The highest BCUT2D eigenvalue weighted by atomic mass is 14.9. The topological polar surface area (TPSA) is 12.0 Å². The Labute approximate surface area is 84.3 Å². The van der Waals surface area contributed by atoms with Crippen molar-refractivity contribution in [2.45, 2.75) is 59.9 Å². The van der Waals surface area contributed by atoms with Crippen molar-refractivity contribution >= 4 is 0 Å². The van der Waals surface area contributed by atoms with Gasteiger partial charge in [0.15, 0.2) is 0 Å². The molecule has 13 heavy (non-hydrogen) atoms. The van der Waals surface area contributed by atoms with Crippen LogP contribution in [0.2, 0.25) is 0 Å². The van der Waals surface area contributed by atoms with E-state index in [1.165, 1.54) is 25.8 Å². The molecule has 0 amide bonds. The molecule has 0 aromatic heterocycles. The Balaban J connectivity index is 3.50. The zero-order valence-corrected chi connectivity index (χ0v) is 10.1. The van der Waals surface area contributed by atoms with Crippen LogP contribution in [-0.2, 0) is 0 Å². The first kappa shape index (κ1) is 13.0. The lowest BCUT2D eigenvalue weighted by atomic mass is 9.91. The molecule has 0 spiro atoms. The van der Waals surface area contributed by atoms with E-state index in [0.717, 1.165) is 11.8 Å². The molecule has 1 N–H and O–H groups in total. The second-order valence-corrected chi connectivity index (χ2v) is 4.66. The van der Waals surface area contributed by atoms with Gasteiger partial charge in [0, 0.05) is 6.04 Å². The highest BCUT2D eigenvalue weighted by Gasteiger charge is 2.11. The van der Waals surface area contributed by atoms with Crippen molar-refractivity contribution in [1.82, 2.24) is 5.32 Å². The molecule has 80 valence electrons. The normalized spacial score (nSPS) is 16.2. The summed E-state index contributed by atoms with van der Waals surface area (Å²) in [5.41, 5.74) is 0. The van der Waals surface area contributed by atoms with Crippen LogP contribution < -0.4 is 5.32 Å². The third-order valence-electron chi connectivity index (χ3n) is 2.83. The van der Waals surface area contributed by atoms with Crippen molar-refractivity contribution in [3.8, 4) is 0 Å². The van der Waals surface area contributed by atoms with E-state index in [2.05, 4.69) is 39.9 Å². The first-order valence-corrected chi connectivity index (χ1v) is 5.81. The monoisotopic (exact) mass is 185 g/mol. The molecule has 1 heteroatoms. The fourth-order valence-electron chi connectivity index (χ4n) is 1.43. The van der Waals surface area contributed by atoms with E-state index in [9.17, 15) is 0 Å². The Bertz CT molecular complexity index is 110. The summed E-state index contributed by atoms with van der Waals surface area (Å²) in [6.45, 7) is 12.6. The second-order valence-electron chi connectivity index (χ2n) is 4.66. The molecular formula is C12H27N. The Hall–Kier alpha value is -0.0400. The van der Waals surface area contributed by atoms with Crippen LogP contribution in [-0.4, -0.2) is 12.6 Å². The summed E-state index contributed by atoms with van der Waals surface area (Å²) in [5, 5.41) is 3.50. The van der Waals surface area contributed by atoms with Crippen LogP contribution >= 0.6 is 0 Å². The molecule has 0 rings (SSSR count). The van der Waals surface area contributed by atoms with Gasteiger partial charge in [0.25, 0.3) is 0 Å². The van der Waals surface area contributed by atoms with Gasteiger partial charge in [-0.15, -0.1) is 0 Å². The zero-order valence-electron chi connectivity index (χ0n) is 10.1. The lowest BCUT2D eigenvalue weighted by molar-refractivity contribution is 0.331. The van der Waals surface area contributed by atoms with E-state index in [1.54, 1.807) is 0 Å². The standard InChI is InChI=1S/C12H27N/c1-6-7-8-11(4)12(5)9-13-10(2)3/h10-13H,6-9H2,1-5H3/t11?,12-/m0/s1. The first-order valence-electron chi connectivity index (χ1n) is 5.81. The summed E-state index contributed by atoms with van der Waals surface area (Å²) in [6, 6.07) is 0.626. The van der Waals surface area contributed by atoms with Gasteiger partial charge in [0.05, 0.1) is 0 Å². The van der Waals surface area contributed by atoms with Crippen molar-refractivity contribution in [3.05, 3.63) is 0 Å². The minimum Gasteiger partial charge on any atom is -0.314 e. The van der Waals surface area contributed by atoms with Gasteiger partial charge in [-0.05, 0) is 18.4 Å². The number of hydrogen-bond donors (Lipinski definition) is 1. The van der Waals surface area contributed by atoms with Crippen molar-refractivity contribution in [1.29, 1.82) is 0 Å². The first-order chi connectivity index (χ1) is 6.07. The molecule has 1 unspecified atom stereocenters. The molecule has 0 fully saturated rings. The van der Waals surface area contributed by atoms with Crippen molar-refractivity contribution in [3.63, 3.8) is 0 Å². The van der Waals surface area contributed by atoms with Crippen molar-refractivity contribution in [2.75, 3.05) is 6.54 Å². The minimum atomic E-state index is 0.626. The van der Waals surface area contributed by atoms with Gasteiger partial charge >= 0.3 is 0 Å². The average Bonchev–Trinajstić information content (AvgIpc) is 2.10. The molecule has 0 aliphatic carbocycles. The highest BCUT2D eigenvalue weighted by molar-refractivity contribution is 4.66. The molecule has 0 saturated heterocycles. The number of nitrogens with one attached hydrogen (secondary N) is 1. The van der Waals surface area contributed by atoms with Crippen LogP contribution in [0.15, 0.2) is 0 Å². The van der Waals surface area contributed by atoms with E-state index in [0.29, 0.717) is 6.04 Å². The predicted molar refractivity (Wildman–Crippen MR) is 61.0 cm³/mol. The van der Waals surface area contributed by atoms with Gasteiger partial charge < -0.3 is 5.32 Å². The summed E-state index contributed by atoms with van der Waals surface area (Å²) in [7, 11) is 0. The molecular weight excluding hydrogens is 158 g/mol. The third-order valence-corrected chi connectivity index (χ3v) is 2.83. The maximum Gasteiger partial charge on any atom is 0.00104 e. The van der Waals surface area contributed by atoms with Gasteiger partial charge in [-0.3, -0.25) is 0 Å². The molecule has 0 aliphatic heterocycles. The summed E-state index contributed by atoms with van der Waals surface area (Å²) >= 11 is 0. The largest absolute Gasteiger partial charge is 0.314 e. The summed E-state index contributed by atoms with van der Waals surface area (Å²) in [4.78, 5) is 0. The minimum absolute atomic E-state index is 0.626. The maximum absolute atomic E-state index is 3.50. The molecule has 0 radical (unpaired) electrons. The van der Waals surface area contributed by atoms with Gasteiger partial charge in [0.1, 0.15) is 0 Å². The molecule has 0 aromatic rings. The fraction of sp³-hybridized carbons (Fsp3) is 1.00. The Morgan fingerprint density at radius 3 is 2.08 bits per heavy atom. The van der Waals surface area contributed by atoms with E-state index in [4.69, 9.17) is 0 Å². The lowest BCUT2D eigenvalue weighted by Crippen LogP contribution is -2.30. The Kier molecular flexibility index (Phi) is 7.35. The molecule has 0 aromatic carbocycles. The van der Waals surface area contributed by atoms with Gasteiger partial charge in [-0.2, -0.15) is 0 Å². The molecule has 1 nitrogen and oxygen atoms in total. The van der Waals surface area contributed by atoms with Crippen LogP contribution in [0.1, 0.15) is 53.9 Å². The third kappa shape index (κ3) is 7.06. The summed E-state index contributed by atoms with van der Waals surface area (Å²) < 4.78 is 0. The number of hydrogen-bond acceptors (Lipinski definition) is 1. The van der Waals surface area contributed by atoms with Gasteiger partial charge in [-0.25, -0.2) is 0 Å². The van der Waals surface area contributed by atoms with Crippen molar-refractivity contribution < 1.29 is 0 Å². The highest BCUT2D eigenvalue weighted by Crippen LogP contribution is 2.17. The van der Waals surface area contributed by atoms with Crippen LogP contribution in [0.25, 0.3) is 0 Å². The quantitative estimate of drug-likeness (QED) is 0.640. The summed E-state index contributed by atoms with van der Waals surface area (Å²) in [6.07, 6.45) is 4.10. The number of unbranched alkanes of at least 4 members (excludes halogenated alkanes) is 1. The molecule has 0 aliphatic rings. The second kappa shape index (κ2) is 7.37. The molecule has 2 atom stereocenters. The van der Waals surface area contributed by atoms with Crippen LogP contribution in [0.3, 0.4) is 0 Å². The van der Waals surface area contributed by atoms with E-state index < -0.39 is 0 Å². The average molecular weight is 185 g/mol. The van der Waals surface area contributed by atoms with E-state index in [-0.39, 0.29) is 0 Å². The van der Waals surface area contributed by atoms with E-state index in [1.807, 2.05) is 0 Å². The maximum atomic E-state index is 3.50. The SMILES string of the molecule is CCCCC(C)[C@@H](C)CNC(C)C. The molecule has 0 saturated carbocycles. The number of rotatable bonds is 7. The van der Waals surface area contributed by atoms with Crippen LogP contribution in [0.4, 0.5) is 0 Å². The smallest absolute Gasteiger partial charge is 0.00104 e. The van der Waals surface area contributed by atoms with Gasteiger partial charge in [-0.1, -0.05) is 53.9 Å². The Morgan fingerprint density at radius 2 is 1.62 bits per heavy atom. The molecule has 0 heterocycles. The fourth-order valence-corrected chi connectivity index (χ4v) is 1.43. The lowest BCUT2D eigenvalue weighted by Gasteiger charge is -2.21. The zero-order chi connectivity index (χ0) is 10.3.